The van der Waals surface area contributed by atoms with Crippen LogP contribution in [0.1, 0.15) is 38.8 Å². The predicted molar refractivity (Wildman–Crippen MR) is 117 cm³/mol. The lowest BCUT2D eigenvalue weighted by Crippen LogP contribution is -2.41. The molecule has 0 spiro atoms. The third kappa shape index (κ3) is 3.65. The number of ketones is 1. The molecule has 0 amide bonds. The van der Waals surface area contributed by atoms with Gasteiger partial charge < -0.3 is 5.11 Å². The Bertz CT molecular complexity index is 974. The van der Waals surface area contributed by atoms with Gasteiger partial charge in [0.25, 0.3) is 0 Å². The van der Waals surface area contributed by atoms with Crippen molar-refractivity contribution in [1.82, 2.24) is 0 Å². The second-order valence-electron chi connectivity index (χ2n) is 7.83. The number of Topliss-reactive ketones (excluding diaryl/α,β-unsaturated/α-hetero) is 1. The molecule has 1 aliphatic rings. The third-order valence-electron chi connectivity index (χ3n) is 4.84. The van der Waals surface area contributed by atoms with Crippen LogP contribution < -0.4 is 0 Å². The Morgan fingerprint density at radius 2 is 1.59 bits per heavy atom. The summed E-state index contributed by atoms with van der Waals surface area (Å²) in [5.74, 6) is 0.0612. The maximum atomic E-state index is 13.2. The maximum Gasteiger partial charge on any atom is 0.182 e. The fraction of sp³-hybridized carbons (Fsp3) is 0.318. The first-order valence-electron chi connectivity index (χ1n) is 8.69. The first-order chi connectivity index (χ1) is 12.4. The van der Waals surface area contributed by atoms with Crippen molar-refractivity contribution in [2.45, 2.75) is 44.1 Å². The number of aryl methyl sites for hydroxylation is 1. The molecule has 0 radical (unpaired) electrons. The Labute approximate surface area is 174 Å². The zero-order valence-corrected chi connectivity index (χ0v) is 18.3. The number of carbonyl (C=O) groups excluding carboxylic acids is 1. The van der Waals surface area contributed by atoms with Gasteiger partial charge in [0.1, 0.15) is 5.76 Å². The Morgan fingerprint density at radius 1 is 0.926 bits per heavy atom. The van der Waals surface area contributed by atoms with E-state index in [0.717, 1.165) is 22.3 Å². The number of aliphatic hydroxyl groups excluding tert-OH is 1. The van der Waals surface area contributed by atoms with Gasteiger partial charge in [-0.25, -0.2) is 0 Å². The molecule has 142 valence electrons. The van der Waals surface area contributed by atoms with Crippen LogP contribution in [0.25, 0.3) is 16.7 Å². The van der Waals surface area contributed by atoms with Gasteiger partial charge in [-0.3, -0.25) is 4.79 Å². The van der Waals surface area contributed by atoms with E-state index >= 15 is 0 Å². The quantitative estimate of drug-likeness (QED) is 0.561. The van der Waals surface area contributed by atoms with Gasteiger partial charge in [-0.2, -0.15) is 0 Å². The molecule has 0 aromatic heterocycles. The van der Waals surface area contributed by atoms with Crippen molar-refractivity contribution < 1.29 is 9.90 Å². The molecule has 1 aliphatic heterocycles. The summed E-state index contributed by atoms with van der Waals surface area (Å²) in [5.41, 5.74) is 3.77. The molecule has 2 nitrogen and oxygen atoms in total. The summed E-state index contributed by atoms with van der Waals surface area (Å²) in [6.45, 7) is 9.64. The zero-order valence-electron chi connectivity index (χ0n) is 16.0. The van der Waals surface area contributed by atoms with Crippen molar-refractivity contribution in [1.29, 1.82) is 0 Å². The van der Waals surface area contributed by atoms with E-state index in [1.165, 1.54) is 11.8 Å². The predicted octanol–water partition coefficient (Wildman–Crippen LogP) is 7.11. The molecule has 1 N–H and O–H groups in total. The number of hydrogen-bond donors (Lipinski definition) is 1. The normalized spacial score (nSPS) is 18.7. The van der Waals surface area contributed by atoms with E-state index in [4.69, 9.17) is 23.2 Å². The van der Waals surface area contributed by atoms with E-state index in [1.54, 1.807) is 12.1 Å². The van der Waals surface area contributed by atoms with Crippen LogP contribution >= 0.6 is 35.0 Å². The SMILES string of the molecule is Cc1ccc(-c2ccc(Cl)cc2Cl)cc1C1=C(O)C(C)(C)SC(C)(C)C1=O. The number of benzene rings is 2. The fourth-order valence-electron chi connectivity index (χ4n) is 3.47. The molecular weight excluding hydrogens is 399 g/mol. The first kappa shape index (κ1) is 20.3. The van der Waals surface area contributed by atoms with Crippen molar-refractivity contribution in [2.75, 3.05) is 0 Å². The summed E-state index contributed by atoms with van der Waals surface area (Å²) < 4.78 is -1.17. The Kier molecular flexibility index (Phi) is 5.17. The molecular formula is C22H22Cl2O2S. The van der Waals surface area contributed by atoms with Crippen LogP contribution in [-0.2, 0) is 4.79 Å². The highest BCUT2D eigenvalue weighted by Crippen LogP contribution is 2.50. The minimum atomic E-state index is -0.620. The highest BCUT2D eigenvalue weighted by molar-refractivity contribution is 8.03. The Balaban J connectivity index is 2.24. The lowest BCUT2D eigenvalue weighted by molar-refractivity contribution is -0.115. The fourth-order valence-corrected chi connectivity index (χ4v) is 5.66. The first-order valence-corrected chi connectivity index (χ1v) is 10.3. The number of thioether (sulfide) groups is 1. The van der Waals surface area contributed by atoms with Gasteiger partial charge in [0.15, 0.2) is 5.78 Å². The van der Waals surface area contributed by atoms with Crippen LogP contribution in [0.3, 0.4) is 0 Å². The van der Waals surface area contributed by atoms with Crippen LogP contribution in [0.4, 0.5) is 0 Å². The second-order valence-corrected chi connectivity index (χ2v) is 10.9. The molecule has 5 heteroatoms. The number of allylic oxidation sites excluding steroid dienone is 1. The number of halogens is 2. The minimum Gasteiger partial charge on any atom is -0.510 e. The zero-order chi connectivity index (χ0) is 20.1. The molecule has 3 rings (SSSR count). The van der Waals surface area contributed by atoms with Crippen LogP contribution in [0, 0.1) is 6.92 Å². The minimum absolute atomic E-state index is 0.0632. The van der Waals surface area contributed by atoms with Gasteiger partial charge in [0.05, 0.1) is 15.1 Å². The van der Waals surface area contributed by atoms with Crippen LogP contribution in [0.2, 0.25) is 10.0 Å². The molecule has 1 heterocycles. The number of rotatable bonds is 2. The number of hydrogen-bond acceptors (Lipinski definition) is 3. The summed E-state index contributed by atoms with van der Waals surface area (Å²) in [6, 6.07) is 11.2. The van der Waals surface area contributed by atoms with Crippen molar-refractivity contribution in [3.05, 3.63) is 63.3 Å². The molecule has 0 saturated heterocycles. The Hall–Kier alpha value is -1.42. The number of aliphatic hydroxyl groups is 1. The number of carbonyl (C=O) groups is 1. The van der Waals surface area contributed by atoms with Crippen LogP contribution in [0.5, 0.6) is 0 Å². The monoisotopic (exact) mass is 420 g/mol. The van der Waals surface area contributed by atoms with E-state index in [-0.39, 0.29) is 11.5 Å². The smallest absolute Gasteiger partial charge is 0.182 e. The average molecular weight is 421 g/mol. The van der Waals surface area contributed by atoms with Crippen molar-refractivity contribution in [3.63, 3.8) is 0 Å². The summed E-state index contributed by atoms with van der Waals surface area (Å²) in [5, 5.41) is 12.0. The topological polar surface area (TPSA) is 37.3 Å². The molecule has 0 aliphatic carbocycles. The Morgan fingerprint density at radius 3 is 2.22 bits per heavy atom. The standard InChI is InChI=1S/C22H22Cl2O2S/c1-12-6-7-13(15-9-8-14(23)11-17(15)24)10-16(12)18-19(25)21(2,3)27-22(4,5)20(18)26/h6-11,25H,1-5H3. The molecule has 0 fully saturated rings. The highest BCUT2D eigenvalue weighted by atomic mass is 35.5. The highest BCUT2D eigenvalue weighted by Gasteiger charge is 2.46. The average Bonchev–Trinajstić information content (AvgIpc) is 2.55. The molecule has 0 unspecified atom stereocenters. The van der Waals surface area contributed by atoms with Gasteiger partial charge in [-0.05, 0) is 69.5 Å². The van der Waals surface area contributed by atoms with E-state index in [0.29, 0.717) is 15.6 Å². The lowest BCUT2D eigenvalue weighted by atomic mass is 9.86. The van der Waals surface area contributed by atoms with E-state index in [1.807, 2.05) is 58.9 Å². The largest absolute Gasteiger partial charge is 0.510 e. The second kappa shape index (κ2) is 6.88. The van der Waals surface area contributed by atoms with Crippen molar-refractivity contribution in [2.24, 2.45) is 0 Å². The third-order valence-corrected chi connectivity index (χ3v) is 6.79. The molecule has 2 aromatic carbocycles. The van der Waals surface area contributed by atoms with Crippen molar-refractivity contribution in [3.8, 4) is 11.1 Å². The van der Waals surface area contributed by atoms with Gasteiger partial charge in [-0.1, -0.05) is 41.4 Å². The lowest BCUT2D eigenvalue weighted by Gasteiger charge is -2.39. The molecule has 27 heavy (non-hydrogen) atoms. The van der Waals surface area contributed by atoms with Gasteiger partial charge in [0, 0.05) is 15.6 Å². The van der Waals surface area contributed by atoms with Crippen molar-refractivity contribution >= 4 is 46.3 Å². The molecule has 0 bridgehead atoms. The van der Waals surface area contributed by atoms with E-state index < -0.39 is 9.49 Å². The van der Waals surface area contributed by atoms with Gasteiger partial charge >= 0.3 is 0 Å². The van der Waals surface area contributed by atoms with Gasteiger partial charge in [0.2, 0.25) is 0 Å². The molecule has 2 aromatic rings. The van der Waals surface area contributed by atoms with E-state index in [9.17, 15) is 9.90 Å². The maximum absolute atomic E-state index is 13.2. The molecule has 0 atom stereocenters. The molecule has 0 saturated carbocycles. The summed E-state index contributed by atoms with van der Waals surface area (Å²) in [7, 11) is 0. The summed E-state index contributed by atoms with van der Waals surface area (Å²) >= 11 is 13.9. The van der Waals surface area contributed by atoms with Gasteiger partial charge in [-0.15, -0.1) is 11.8 Å². The van der Waals surface area contributed by atoms with E-state index in [2.05, 4.69) is 0 Å². The van der Waals surface area contributed by atoms with Crippen LogP contribution in [0.15, 0.2) is 42.2 Å². The van der Waals surface area contributed by atoms with Crippen LogP contribution in [-0.4, -0.2) is 20.4 Å². The summed E-state index contributed by atoms with van der Waals surface area (Å²) in [6.07, 6.45) is 0. The summed E-state index contributed by atoms with van der Waals surface area (Å²) in [4.78, 5) is 13.2.